The second-order valence-electron chi connectivity index (χ2n) is 5.73. The van der Waals surface area contributed by atoms with Crippen LogP contribution in [0, 0.1) is 13.8 Å². The third kappa shape index (κ3) is 2.68. The molecule has 3 rings (SSSR count). The average Bonchev–Trinajstić information content (AvgIpc) is 3.05. The Hall–Kier alpha value is -2.02. The van der Waals surface area contributed by atoms with Crippen molar-refractivity contribution in [2.75, 3.05) is 11.9 Å². The van der Waals surface area contributed by atoms with Gasteiger partial charge in [-0.05, 0) is 13.8 Å². The molecule has 6 nitrogen and oxygen atoms in total. The Morgan fingerprint density at radius 1 is 1.23 bits per heavy atom. The normalized spacial score (nSPS) is 11.5. The fraction of sp³-hybridized carbons (Fsp3) is 0.467. The Morgan fingerprint density at radius 2 is 2.00 bits per heavy atom. The van der Waals surface area contributed by atoms with Crippen molar-refractivity contribution in [3.05, 3.63) is 27.6 Å². The van der Waals surface area contributed by atoms with Crippen LogP contribution in [0.2, 0.25) is 0 Å². The molecule has 0 atom stereocenters. The van der Waals surface area contributed by atoms with Gasteiger partial charge in [-0.2, -0.15) is 4.98 Å². The van der Waals surface area contributed by atoms with E-state index in [9.17, 15) is 0 Å². The topological polar surface area (TPSA) is 67.9 Å². The van der Waals surface area contributed by atoms with Crippen LogP contribution in [0.4, 0.5) is 5.82 Å². The molecule has 0 aliphatic carbocycles. The van der Waals surface area contributed by atoms with Crippen LogP contribution in [-0.2, 0) is 6.54 Å². The van der Waals surface area contributed by atoms with E-state index < -0.39 is 0 Å². The summed E-state index contributed by atoms with van der Waals surface area (Å²) >= 11 is 1.71. The molecule has 0 saturated heterocycles. The van der Waals surface area contributed by atoms with E-state index in [1.54, 1.807) is 11.3 Å². The van der Waals surface area contributed by atoms with Crippen molar-refractivity contribution in [1.29, 1.82) is 0 Å². The zero-order chi connectivity index (χ0) is 15.9. The van der Waals surface area contributed by atoms with Gasteiger partial charge < -0.3 is 9.42 Å². The van der Waals surface area contributed by atoms with Crippen molar-refractivity contribution in [2.45, 2.75) is 40.2 Å². The lowest BCUT2D eigenvalue weighted by Crippen LogP contribution is -2.19. The maximum atomic E-state index is 5.26. The van der Waals surface area contributed by atoms with Gasteiger partial charge in [0.05, 0.1) is 22.9 Å². The Labute approximate surface area is 133 Å². The van der Waals surface area contributed by atoms with Crippen LogP contribution in [-0.4, -0.2) is 27.2 Å². The van der Waals surface area contributed by atoms with Crippen molar-refractivity contribution in [1.82, 2.24) is 20.1 Å². The second-order valence-corrected chi connectivity index (χ2v) is 6.62. The molecule has 0 bridgehead atoms. The number of hydrogen-bond donors (Lipinski definition) is 0. The molecule has 3 aromatic heterocycles. The molecule has 0 fully saturated rings. The highest BCUT2D eigenvalue weighted by Gasteiger charge is 2.18. The van der Waals surface area contributed by atoms with Crippen LogP contribution in [0.15, 0.2) is 9.90 Å². The van der Waals surface area contributed by atoms with Crippen molar-refractivity contribution in [3.8, 4) is 0 Å². The minimum Gasteiger partial charge on any atom is -0.353 e. The molecule has 116 valence electrons. The van der Waals surface area contributed by atoms with E-state index in [2.05, 4.69) is 44.2 Å². The Bertz CT molecular complexity index is 807. The monoisotopic (exact) mass is 317 g/mol. The fourth-order valence-corrected chi connectivity index (χ4v) is 3.15. The summed E-state index contributed by atoms with van der Waals surface area (Å²) in [5.41, 5.74) is 2.39. The second kappa shape index (κ2) is 5.64. The van der Waals surface area contributed by atoms with Crippen molar-refractivity contribution in [2.24, 2.45) is 0 Å². The van der Waals surface area contributed by atoms with Gasteiger partial charge >= 0.3 is 0 Å². The number of aryl methyl sites for hydroxylation is 2. The molecule has 3 aromatic rings. The smallest absolute Gasteiger partial charge is 0.263 e. The molecule has 0 radical (unpaired) electrons. The maximum Gasteiger partial charge on any atom is 0.263 e. The molecule has 22 heavy (non-hydrogen) atoms. The summed E-state index contributed by atoms with van der Waals surface area (Å²) in [5.74, 6) is 1.96. The first-order valence-corrected chi connectivity index (χ1v) is 8.09. The lowest BCUT2D eigenvalue weighted by Gasteiger charge is -2.17. The molecule has 0 aliphatic heterocycles. The first-order chi connectivity index (χ1) is 10.5. The van der Waals surface area contributed by atoms with Crippen LogP contribution < -0.4 is 4.90 Å². The molecule has 0 aliphatic rings. The molecule has 0 aromatic carbocycles. The molecule has 0 unspecified atom stereocenters. The fourth-order valence-electron chi connectivity index (χ4n) is 2.33. The van der Waals surface area contributed by atoms with E-state index in [0.29, 0.717) is 24.0 Å². The highest BCUT2D eigenvalue weighted by atomic mass is 32.1. The number of hydrogen-bond acceptors (Lipinski definition) is 7. The molecular formula is C15H19N5OS. The Kier molecular flexibility index (Phi) is 3.82. The molecule has 0 N–H and O–H groups in total. The molecule has 0 saturated carbocycles. The molecular weight excluding hydrogens is 298 g/mol. The predicted molar refractivity (Wildman–Crippen MR) is 87.4 cm³/mol. The van der Waals surface area contributed by atoms with Crippen molar-refractivity contribution < 1.29 is 4.52 Å². The van der Waals surface area contributed by atoms with Gasteiger partial charge in [-0.25, -0.2) is 9.97 Å². The number of anilines is 1. The van der Waals surface area contributed by atoms with E-state index in [1.807, 2.05) is 20.9 Å². The van der Waals surface area contributed by atoms with Gasteiger partial charge in [0.15, 0.2) is 0 Å². The van der Waals surface area contributed by atoms with Gasteiger partial charge in [0.2, 0.25) is 0 Å². The average molecular weight is 317 g/mol. The minimum atomic E-state index is 0.456. The van der Waals surface area contributed by atoms with Crippen LogP contribution in [0.25, 0.3) is 11.1 Å². The van der Waals surface area contributed by atoms with E-state index in [1.165, 1.54) is 0 Å². The summed E-state index contributed by atoms with van der Waals surface area (Å²) < 4.78 is 5.26. The van der Waals surface area contributed by atoms with E-state index in [-0.39, 0.29) is 0 Å². The maximum absolute atomic E-state index is 5.26. The first kappa shape index (κ1) is 14.9. The first-order valence-electron chi connectivity index (χ1n) is 7.21. The summed E-state index contributed by atoms with van der Waals surface area (Å²) in [5, 5.41) is 8.13. The third-order valence-corrected chi connectivity index (χ3v) is 4.62. The lowest BCUT2D eigenvalue weighted by atomic mass is 10.2. The van der Waals surface area contributed by atoms with Gasteiger partial charge in [0.1, 0.15) is 17.0 Å². The van der Waals surface area contributed by atoms with E-state index >= 15 is 0 Å². The largest absolute Gasteiger partial charge is 0.353 e. The molecule has 3 heterocycles. The quantitative estimate of drug-likeness (QED) is 0.734. The minimum absolute atomic E-state index is 0.456. The number of fused-ring (bicyclic) bond motifs is 1. The van der Waals surface area contributed by atoms with Crippen LogP contribution >= 0.6 is 11.3 Å². The number of nitrogens with zero attached hydrogens (tertiary/aromatic N) is 5. The van der Waals surface area contributed by atoms with E-state index in [4.69, 9.17) is 4.52 Å². The SMILES string of the molecule is Cc1nc(N(C)Cc2csc(C(C)C)n2)c2c(C)noc2n1. The van der Waals surface area contributed by atoms with Crippen molar-refractivity contribution in [3.63, 3.8) is 0 Å². The predicted octanol–water partition coefficient (Wildman–Crippen LogP) is 3.45. The van der Waals surface area contributed by atoms with Gasteiger partial charge in [0.25, 0.3) is 5.71 Å². The standard InChI is InChI=1S/C15H19N5OS/c1-8(2)15-18-11(7-22-15)6-20(5)13-12-9(3)19-21-14(12)17-10(4)16-13/h7-8H,6H2,1-5H3. The van der Waals surface area contributed by atoms with Crippen molar-refractivity contribution >= 4 is 28.3 Å². The van der Waals surface area contributed by atoms with Gasteiger partial charge in [-0.1, -0.05) is 19.0 Å². The summed E-state index contributed by atoms with van der Waals surface area (Å²) in [7, 11) is 2.00. The zero-order valence-electron chi connectivity index (χ0n) is 13.4. The zero-order valence-corrected chi connectivity index (χ0v) is 14.2. The highest BCUT2D eigenvalue weighted by molar-refractivity contribution is 7.09. The number of aromatic nitrogens is 4. The highest BCUT2D eigenvalue weighted by Crippen LogP contribution is 2.27. The van der Waals surface area contributed by atoms with E-state index in [0.717, 1.165) is 27.6 Å². The van der Waals surface area contributed by atoms with Crippen LogP contribution in [0.3, 0.4) is 0 Å². The van der Waals surface area contributed by atoms with Gasteiger partial charge in [0, 0.05) is 18.3 Å². The summed E-state index contributed by atoms with van der Waals surface area (Å²) in [6.45, 7) is 8.77. The summed E-state index contributed by atoms with van der Waals surface area (Å²) in [6.07, 6.45) is 0. The molecule has 0 amide bonds. The van der Waals surface area contributed by atoms with Crippen LogP contribution in [0.1, 0.15) is 42.0 Å². The molecule has 7 heteroatoms. The van der Waals surface area contributed by atoms with Gasteiger partial charge in [-0.3, -0.25) is 0 Å². The number of thiazole rings is 1. The Morgan fingerprint density at radius 3 is 2.68 bits per heavy atom. The summed E-state index contributed by atoms with van der Waals surface area (Å²) in [4.78, 5) is 15.6. The number of rotatable bonds is 4. The molecule has 0 spiro atoms. The Balaban J connectivity index is 1.94. The summed E-state index contributed by atoms with van der Waals surface area (Å²) in [6, 6.07) is 0. The van der Waals surface area contributed by atoms with Gasteiger partial charge in [-0.15, -0.1) is 11.3 Å². The van der Waals surface area contributed by atoms with Crippen LogP contribution in [0.5, 0.6) is 0 Å². The lowest BCUT2D eigenvalue weighted by molar-refractivity contribution is 0.442. The third-order valence-electron chi connectivity index (χ3n) is 3.42.